The zero-order valence-corrected chi connectivity index (χ0v) is 13.8. The molecule has 1 aliphatic heterocycles. The Morgan fingerprint density at radius 3 is 2.70 bits per heavy atom. The van der Waals surface area contributed by atoms with Gasteiger partial charge in [0.15, 0.2) is 0 Å². The van der Waals surface area contributed by atoms with Gasteiger partial charge in [-0.05, 0) is 54.9 Å². The van der Waals surface area contributed by atoms with Crippen LogP contribution in [0.2, 0.25) is 0 Å². The van der Waals surface area contributed by atoms with Crippen LogP contribution in [-0.2, 0) is 4.74 Å². The topological polar surface area (TPSA) is 21.3 Å². The fraction of sp³-hybridized carbons (Fsp3) is 0.429. The van der Waals surface area contributed by atoms with Gasteiger partial charge in [0.05, 0.1) is 18.8 Å². The Labute approximate surface area is 139 Å². The number of fused-ring (bicyclic) bond motifs is 2. The van der Waals surface area contributed by atoms with Crippen LogP contribution < -0.4 is 5.32 Å². The summed E-state index contributed by atoms with van der Waals surface area (Å²) >= 11 is 0. The van der Waals surface area contributed by atoms with Crippen LogP contribution in [0.5, 0.6) is 0 Å². The van der Waals surface area contributed by atoms with Gasteiger partial charge in [-0.15, -0.1) is 0 Å². The monoisotopic (exact) mass is 307 g/mol. The van der Waals surface area contributed by atoms with Crippen molar-refractivity contribution in [2.45, 2.75) is 50.8 Å². The molecule has 120 valence electrons. The van der Waals surface area contributed by atoms with Crippen LogP contribution in [0.1, 0.15) is 32.6 Å². The summed E-state index contributed by atoms with van der Waals surface area (Å²) in [5, 5.41) is 3.77. The van der Waals surface area contributed by atoms with Gasteiger partial charge in [0.25, 0.3) is 0 Å². The van der Waals surface area contributed by atoms with Crippen molar-refractivity contribution in [2.75, 3.05) is 6.61 Å². The molecular formula is C21H25NO. The molecule has 4 aliphatic rings. The first-order valence-corrected chi connectivity index (χ1v) is 8.84. The third-order valence-corrected chi connectivity index (χ3v) is 5.26. The summed E-state index contributed by atoms with van der Waals surface area (Å²) in [7, 11) is 0. The van der Waals surface area contributed by atoms with E-state index in [9.17, 15) is 0 Å². The molecule has 2 unspecified atom stereocenters. The molecule has 0 saturated heterocycles. The Morgan fingerprint density at radius 1 is 1.00 bits per heavy atom. The maximum Gasteiger partial charge on any atom is 0.0952 e. The number of rotatable bonds is 0. The second-order valence-corrected chi connectivity index (χ2v) is 6.78. The Hall–Kier alpha value is -1.64. The summed E-state index contributed by atoms with van der Waals surface area (Å²) < 4.78 is 6.27. The first kappa shape index (κ1) is 14.9. The van der Waals surface area contributed by atoms with Crippen molar-refractivity contribution in [3.8, 4) is 0 Å². The third-order valence-electron chi connectivity index (χ3n) is 5.26. The van der Waals surface area contributed by atoms with E-state index in [-0.39, 0.29) is 12.1 Å². The average molecular weight is 307 g/mol. The number of hydrogen-bond acceptors (Lipinski definition) is 2. The first-order valence-electron chi connectivity index (χ1n) is 8.84. The highest BCUT2D eigenvalue weighted by Crippen LogP contribution is 2.35. The molecule has 23 heavy (non-hydrogen) atoms. The van der Waals surface area contributed by atoms with E-state index in [1.807, 2.05) is 0 Å². The molecule has 0 aromatic heterocycles. The zero-order valence-electron chi connectivity index (χ0n) is 13.8. The normalized spacial score (nSPS) is 33.3. The van der Waals surface area contributed by atoms with Crippen LogP contribution in [0.4, 0.5) is 0 Å². The zero-order chi connectivity index (χ0) is 15.6. The smallest absolute Gasteiger partial charge is 0.0952 e. The van der Waals surface area contributed by atoms with Gasteiger partial charge >= 0.3 is 0 Å². The molecular weight excluding hydrogens is 282 g/mol. The van der Waals surface area contributed by atoms with Gasteiger partial charge < -0.3 is 10.1 Å². The standard InChI is InChI=1S/C21H25NO/c1-15-17-9-4-5-11-19(17)18-10-3-2-8-16(18)14-23-21-13-7-6-12-20(21)22-15/h2,4,6-9,12-13,15,20-22H,3,5,10-11,14H2,1H3/t15-,20?,21?/m1/s1. The Bertz CT molecular complexity index is 659. The largest absolute Gasteiger partial charge is 0.367 e. The van der Waals surface area contributed by atoms with Gasteiger partial charge in [-0.1, -0.05) is 48.6 Å². The van der Waals surface area contributed by atoms with Crippen LogP contribution in [0, 0.1) is 0 Å². The van der Waals surface area contributed by atoms with Crippen molar-refractivity contribution in [1.82, 2.24) is 5.32 Å². The van der Waals surface area contributed by atoms with Crippen molar-refractivity contribution in [3.63, 3.8) is 0 Å². The molecule has 0 amide bonds. The van der Waals surface area contributed by atoms with Gasteiger partial charge in [-0.2, -0.15) is 0 Å². The van der Waals surface area contributed by atoms with E-state index in [0.717, 1.165) is 25.7 Å². The highest BCUT2D eigenvalue weighted by atomic mass is 16.5. The van der Waals surface area contributed by atoms with Gasteiger partial charge in [-0.25, -0.2) is 0 Å². The molecule has 0 saturated carbocycles. The van der Waals surface area contributed by atoms with E-state index < -0.39 is 0 Å². The molecule has 0 aromatic rings. The maximum atomic E-state index is 6.27. The van der Waals surface area contributed by atoms with Crippen molar-refractivity contribution in [3.05, 3.63) is 70.9 Å². The van der Waals surface area contributed by atoms with Crippen molar-refractivity contribution in [1.29, 1.82) is 0 Å². The molecule has 0 fully saturated rings. The molecule has 0 bridgehead atoms. The van der Waals surface area contributed by atoms with Crippen LogP contribution in [-0.4, -0.2) is 24.8 Å². The van der Waals surface area contributed by atoms with Gasteiger partial charge in [0, 0.05) is 6.04 Å². The number of ether oxygens (including phenoxy) is 1. The van der Waals surface area contributed by atoms with Crippen molar-refractivity contribution >= 4 is 0 Å². The first-order chi connectivity index (χ1) is 11.3. The Morgan fingerprint density at radius 2 is 1.78 bits per heavy atom. The highest BCUT2D eigenvalue weighted by molar-refractivity contribution is 5.50. The lowest BCUT2D eigenvalue weighted by atomic mass is 9.82. The van der Waals surface area contributed by atoms with Gasteiger partial charge in [0.2, 0.25) is 0 Å². The summed E-state index contributed by atoms with van der Waals surface area (Å²) in [6.07, 6.45) is 22.6. The number of nitrogens with one attached hydrogen (secondary N) is 1. The highest BCUT2D eigenvalue weighted by Gasteiger charge is 2.27. The van der Waals surface area contributed by atoms with E-state index in [1.165, 1.54) is 16.7 Å². The molecule has 3 aliphatic carbocycles. The van der Waals surface area contributed by atoms with Crippen LogP contribution in [0.3, 0.4) is 0 Å². The van der Waals surface area contributed by atoms with E-state index >= 15 is 0 Å². The Kier molecular flexibility index (Phi) is 4.19. The molecule has 0 spiro atoms. The molecule has 0 radical (unpaired) electrons. The van der Waals surface area contributed by atoms with E-state index in [2.05, 4.69) is 60.8 Å². The third kappa shape index (κ3) is 2.93. The number of hydrogen-bond donors (Lipinski definition) is 1. The molecule has 0 aromatic carbocycles. The quantitative estimate of drug-likeness (QED) is 0.726. The fourth-order valence-electron chi connectivity index (χ4n) is 4.07. The van der Waals surface area contributed by atoms with E-state index in [1.54, 1.807) is 5.57 Å². The summed E-state index contributed by atoms with van der Waals surface area (Å²) in [4.78, 5) is 0. The average Bonchev–Trinajstić information content (AvgIpc) is 2.61. The minimum Gasteiger partial charge on any atom is -0.367 e. The second kappa shape index (κ2) is 6.46. The van der Waals surface area contributed by atoms with Crippen LogP contribution >= 0.6 is 0 Å². The maximum absolute atomic E-state index is 6.27. The fourth-order valence-corrected chi connectivity index (χ4v) is 4.07. The summed E-state index contributed by atoms with van der Waals surface area (Å²) in [5.74, 6) is 0. The van der Waals surface area contributed by atoms with Crippen LogP contribution in [0.25, 0.3) is 0 Å². The number of allylic oxidation sites excluding steroid dienone is 6. The minimum absolute atomic E-state index is 0.112. The lowest BCUT2D eigenvalue weighted by Gasteiger charge is -2.34. The molecule has 3 atom stereocenters. The summed E-state index contributed by atoms with van der Waals surface area (Å²) in [6.45, 7) is 3.00. The molecule has 2 nitrogen and oxygen atoms in total. The van der Waals surface area contributed by atoms with Crippen molar-refractivity contribution in [2.24, 2.45) is 0 Å². The molecule has 1 N–H and O–H groups in total. The summed E-state index contributed by atoms with van der Waals surface area (Å²) in [6, 6.07) is 0.584. The summed E-state index contributed by atoms with van der Waals surface area (Å²) in [5.41, 5.74) is 5.95. The lowest BCUT2D eigenvalue weighted by molar-refractivity contribution is 0.0838. The van der Waals surface area contributed by atoms with Crippen LogP contribution in [0.15, 0.2) is 70.9 Å². The predicted molar refractivity (Wildman–Crippen MR) is 95.2 cm³/mol. The SMILES string of the molecule is C[C@H]1NC2C=CC=CC2OCC2=C(CCC=C2)C2=C1C=CCC2. The predicted octanol–water partition coefficient (Wildman–Crippen LogP) is 4.15. The van der Waals surface area contributed by atoms with Gasteiger partial charge in [0.1, 0.15) is 0 Å². The van der Waals surface area contributed by atoms with Gasteiger partial charge in [-0.3, -0.25) is 0 Å². The second-order valence-electron chi connectivity index (χ2n) is 6.78. The lowest BCUT2D eigenvalue weighted by Crippen LogP contribution is -2.45. The molecule has 2 heteroatoms. The minimum atomic E-state index is 0.112. The Balaban J connectivity index is 1.78. The van der Waals surface area contributed by atoms with Crippen molar-refractivity contribution < 1.29 is 4.74 Å². The van der Waals surface area contributed by atoms with E-state index in [0.29, 0.717) is 12.6 Å². The molecule has 4 rings (SSSR count). The molecule has 1 heterocycles. The van der Waals surface area contributed by atoms with E-state index in [4.69, 9.17) is 4.74 Å².